The molecule has 1 aromatic heterocycles. The molecule has 1 amide bonds. The minimum Gasteiger partial charge on any atom is -0.396 e. The van der Waals surface area contributed by atoms with E-state index in [0.717, 1.165) is 56.6 Å². The zero-order valence-electron chi connectivity index (χ0n) is 20.5. The molecule has 2 heterocycles. The molecule has 1 saturated heterocycles. The van der Waals surface area contributed by atoms with Crippen molar-refractivity contribution in [3.8, 4) is 6.07 Å². The molecule has 3 rings (SSSR count). The van der Waals surface area contributed by atoms with E-state index in [1.165, 1.54) is 12.5 Å². The number of anilines is 1. The summed E-state index contributed by atoms with van der Waals surface area (Å²) in [6.45, 7) is 11.3. The molecule has 33 heavy (non-hydrogen) atoms. The number of piperidine rings is 1. The summed E-state index contributed by atoms with van der Waals surface area (Å²) in [6.07, 6.45) is 9.11. The van der Waals surface area contributed by atoms with Crippen LogP contribution in [-0.2, 0) is 4.79 Å². The van der Waals surface area contributed by atoms with Gasteiger partial charge in [0.25, 0.3) is 0 Å². The van der Waals surface area contributed by atoms with Crippen LogP contribution in [-0.4, -0.2) is 42.8 Å². The van der Waals surface area contributed by atoms with Gasteiger partial charge in [0.2, 0.25) is 5.91 Å². The Labute approximate surface area is 198 Å². The third-order valence-corrected chi connectivity index (χ3v) is 6.76. The highest BCUT2D eigenvalue weighted by molar-refractivity contribution is 6.12. The topological polar surface area (TPSA) is 107 Å². The molecule has 0 radical (unpaired) electrons. The second-order valence-corrected chi connectivity index (χ2v) is 8.34. The van der Waals surface area contributed by atoms with Crippen LogP contribution in [0.5, 0.6) is 0 Å². The van der Waals surface area contributed by atoms with Crippen molar-refractivity contribution in [2.24, 2.45) is 16.1 Å². The van der Waals surface area contributed by atoms with Crippen LogP contribution in [0.1, 0.15) is 64.9 Å². The summed E-state index contributed by atoms with van der Waals surface area (Å²) in [6, 6.07) is 6.27. The Morgan fingerprint density at radius 1 is 1.39 bits per heavy atom. The molecule has 1 aliphatic heterocycles. The van der Waals surface area contributed by atoms with Crippen LogP contribution in [0, 0.1) is 16.7 Å². The van der Waals surface area contributed by atoms with E-state index in [4.69, 9.17) is 5.73 Å². The highest BCUT2D eigenvalue weighted by Crippen LogP contribution is 2.37. The molecule has 7 nitrogen and oxygen atoms in total. The van der Waals surface area contributed by atoms with Crippen molar-refractivity contribution in [1.29, 1.82) is 5.26 Å². The van der Waals surface area contributed by atoms with Gasteiger partial charge in [0.1, 0.15) is 11.9 Å². The first-order valence-corrected chi connectivity index (χ1v) is 12.0. The van der Waals surface area contributed by atoms with Crippen LogP contribution in [0.2, 0.25) is 0 Å². The van der Waals surface area contributed by atoms with Gasteiger partial charge in [0, 0.05) is 37.9 Å². The van der Waals surface area contributed by atoms with Gasteiger partial charge in [-0.1, -0.05) is 27.4 Å². The number of nitrogens with two attached hydrogens (primary N) is 1. The average molecular weight is 451 g/mol. The van der Waals surface area contributed by atoms with E-state index in [-0.39, 0.29) is 22.6 Å². The van der Waals surface area contributed by atoms with Gasteiger partial charge >= 0.3 is 0 Å². The van der Waals surface area contributed by atoms with E-state index < -0.39 is 0 Å². The van der Waals surface area contributed by atoms with Crippen molar-refractivity contribution in [2.75, 3.05) is 25.0 Å². The maximum absolute atomic E-state index is 12.9. The molecule has 0 atom stereocenters. The van der Waals surface area contributed by atoms with Gasteiger partial charge in [0.15, 0.2) is 0 Å². The summed E-state index contributed by atoms with van der Waals surface area (Å²) in [5, 5.41) is 12.5. The minimum absolute atomic E-state index is 0.226. The number of aliphatic imine (C=N–C) groups is 1. The zero-order valence-corrected chi connectivity index (χ0v) is 20.5. The van der Waals surface area contributed by atoms with E-state index in [1.54, 1.807) is 13.2 Å². The Kier molecular flexibility index (Phi) is 9.65. The van der Waals surface area contributed by atoms with Crippen LogP contribution in [0.4, 0.5) is 5.82 Å². The van der Waals surface area contributed by atoms with E-state index in [2.05, 4.69) is 33.7 Å². The number of nitrogens with zero attached hydrogens (tertiary/aromatic N) is 4. The number of hydrogen-bond donors (Lipinski definition) is 2. The van der Waals surface area contributed by atoms with Crippen LogP contribution < -0.4 is 16.0 Å². The van der Waals surface area contributed by atoms with Crippen molar-refractivity contribution >= 4 is 17.4 Å². The summed E-state index contributed by atoms with van der Waals surface area (Å²) >= 11 is 0. The fourth-order valence-corrected chi connectivity index (χ4v) is 4.26. The summed E-state index contributed by atoms with van der Waals surface area (Å²) in [7, 11) is 1.64. The summed E-state index contributed by atoms with van der Waals surface area (Å²) < 4.78 is 0. The maximum atomic E-state index is 12.9. The number of rotatable bonds is 7. The number of allylic oxidation sites excluding steroid dienone is 3. The standard InChI is InChI=1S/C24H32N6O.C2H6/c1-4-17(15-25)21(26)22(27-3)18-9-10-20(28-16-18)30-13-11-24(5-2,12-14-30)23(31)29-19-7-6-8-19;1-2/h4,9-10,16,19H,1,5-8,11-14,26H2,2-3H3,(H,29,31);1-2H3/b21-17+,27-22?;. The van der Waals surface area contributed by atoms with Gasteiger partial charge in [-0.3, -0.25) is 9.79 Å². The molecule has 1 aliphatic carbocycles. The van der Waals surface area contributed by atoms with Crippen LogP contribution in [0.3, 0.4) is 0 Å². The average Bonchev–Trinajstić information content (AvgIpc) is 2.84. The zero-order chi connectivity index (χ0) is 24.4. The summed E-state index contributed by atoms with van der Waals surface area (Å²) in [5.41, 5.74) is 7.68. The Morgan fingerprint density at radius 3 is 2.48 bits per heavy atom. The first kappa shape index (κ1) is 26.1. The molecule has 3 N–H and O–H groups in total. The fourth-order valence-electron chi connectivity index (χ4n) is 4.26. The number of nitrogens with one attached hydrogen (secondary N) is 1. The lowest BCUT2D eigenvalue weighted by Gasteiger charge is -2.42. The first-order chi connectivity index (χ1) is 16.0. The Bertz CT molecular complexity index is 913. The predicted octanol–water partition coefficient (Wildman–Crippen LogP) is 4.11. The monoisotopic (exact) mass is 450 g/mol. The highest BCUT2D eigenvalue weighted by Gasteiger charge is 2.41. The summed E-state index contributed by atoms with van der Waals surface area (Å²) in [5.74, 6) is 1.10. The van der Waals surface area contributed by atoms with Gasteiger partial charge in [-0.2, -0.15) is 5.26 Å². The van der Waals surface area contributed by atoms with E-state index in [1.807, 2.05) is 32.0 Å². The van der Waals surface area contributed by atoms with Crippen LogP contribution >= 0.6 is 0 Å². The molecule has 0 unspecified atom stereocenters. The van der Waals surface area contributed by atoms with Crippen molar-refractivity contribution in [2.45, 2.75) is 65.3 Å². The van der Waals surface area contributed by atoms with Gasteiger partial charge in [-0.25, -0.2) is 4.98 Å². The molecule has 1 saturated carbocycles. The van der Waals surface area contributed by atoms with Crippen LogP contribution in [0.15, 0.2) is 47.2 Å². The molecule has 2 aliphatic rings. The van der Waals surface area contributed by atoms with Crippen molar-refractivity contribution in [1.82, 2.24) is 10.3 Å². The number of pyridine rings is 1. The fraction of sp³-hybridized carbons (Fsp3) is 0.538. The molecule has 2 fully saturated rings. The maximum Gasteiger partial charge on any atom is 0.226 e. The molecule has 178 valence electrons. The molecule has 1 aromatic rings. The normalized spacial score (nSPS) is 18.6. The van der Waals surface area contributed by atoms with Crippen molar-refractivity contribution in [3.63, 3.8) is 0 Å². The van der Waals surface area contributed by atoms with Gasteiger partial charge in [0.05, 0.1) is 22.4 Å². The Morgan fingerprint density at radius 2 is 2.06 bits per heavy atom. The van der Waals surface area contributed by atoms with Gasteiger partial charge < -0.3 is 16.0 Å². The second kappa shape index (κ2) is 12.2. The molecule has 7 heteroatoms. The van der Waals surface area contributed by atoms with Gasteiger partial charge in [-0.05, 0) is 56.7 Å². The molecule has 0 aromatic carbocycles. The van der Waals surface area contributed by atoms with E-state index >= 15 is 0 Å². The number of carbonyl (C=O) groups excluding carboxylic acids is 1. The first-order valence-electron chi connectivity index (χ1n) is 12.0. The number of amides is 1. The minimum atomic E-state index is -0.272. The van der Waals surface area contributed by atoms with E-state index in [9.17, 15) is 10.1 Å². The molecule has 0 spiro atoms. The number of carbonyl (C=O) groups is 1. The second-order valence-electron chi connectivity index (χ2n) is 8.34. The third kappa shape index (κ3) is 5.81. The van der Waals surface area contributed by atoms with Crippen molar-refractivity contribution in [3.05, 3.63) is 47.8 Å². The smallest absolute Gasteiger partial charge is 0.226 e. The lowest BCUT2D eigenvalue weighted by atomic mass is 9.74. The molecular formula is C26H38N6O. The predicted molar refractivity (Wildman–Crippen MR) is 135 cm³/mol. The molecular weight excluding hydrogens is 412 g/mol. The summed E-state index contributed by atoms with van der Waals surface area (Å²) in [4.78, 5) is 24.0. The largest absolute Gasteiger partial charge is 0.396 e. The lowest BCUT2D eigenvalue weighted by Crippen LogP contribution is -2.52. The SMILES string of the molecule is C=C/C(C#N)=C(\N)C(=NC)c1ccc(N2CCC(CC)(C(=O)NC3CCC3)CC2)nc1.CC. The Hall–Kier alpha value is -3.14. The Balaban J connectivity index is 0.00000187. The number of hydrogen-bond acceptors (Lipinski definition) is 6. The van der Waals surface area contributed by atoms with Crippen LogP contribution in [0.25, 0.3) is 0 Å². The number of aromatic nitrogens is 1. The van der Waals surface area contributed by atoms with E-state index in [0.29, 0.717) is 11.8 Å². The quantitative estimate of drug-likeness (QED) is 0.369. The third-order valence-electron chi connectivity index (χ3n) is 6.76. The highest BCUT2D eigenvalue weighted by atomic mass is 16.2. The molecule has 0 bridgehead atoms. The lowest BCUT2D eigenvalue weighted by molar-refractivity contribution is -0.133. The van der Waals surface area contributed by atoms with Crippen molar-refractivity contribution < 1.29 is 4.79 Å². The van der Waals surface area contributed by atoms with Gasteiger partial charge in [-0.15, -0.1) is 0 Å². The number of nitriles is 1.